The standard InChI is InChI=1S/C19H25N5O3/c1-4-27-15-8-6-5-7-13(15)10-20-18(25)16-17-19(26)21-14(9-12(2)3)11-24(17)23-22-16/h5-8,12,14H,4,9-11H2,1-3H3,(H,20,25)(H,21,26)/t14-/m0/s1. The number of para-hydroxylation sites is 1. The zero-order valence-corrected chi connectivity index (χ0v) is 15.9. The summed E-state index contributed by atoms with van der Waals surface area (Å²) in [5.74, 6) is 0.435. The van der Waals surface area contributed by atoms with Crippen LogP contribution in [0, 0.1) is 5.92 Å². The summed E-state index contributed by atoms with van der Waals surface area (Å²) in [6, 6.07) is 7.50. The molecule has 0 saturated carbocycles. The van der Waals surface area contributed by atoms with E-state index in [1.165, 1.54) is 4.68 Å². The predicted octanol–water partition coefficient (Wildman–Crippen LogP) is 1.76. The summed E-state index contributed by atoms with van der Waals surface area (Å²) in [4.78, 5) is 25.0. The molecule has 0 spiro atoms. The number of rotatable bonds is 7. The summed E-state index contributed by atoms with van der Waals surface area (Å²) in [7, 11) is 0. The summed E-state index contributed by atoms with van der Waals surface area (Å²) < 4.78 is 7.09. The molecule has 27 heavy (non-hydrogen) atoms. The van der Waals surface area contributed by atoms with Crippen LogP contribution in [0.1, 0.15) is 53.7 Å². The van der Waals surface area contributed by atoms with E-state index >= 15 is 0 Å². The summed E-state index contributed by atoms with van der Waals surface area (Å²) in [6.07, 6.45) is 0.848. The number of fused-ring (bicyclic) bond motifs is 1. The van der Waals surface area contributed by atoms with Crippen LogP contribution in [0.3, 0.4) is 0 Å². The largest absolute Gasteiger partial charge is 0.494 e. The van der Waals surface area contributed by atoms with Gasteiger partial charge in [0.15, 0.2) is 11.4 Å². The minimum absolute atomic E-state index is 0.000630. The molecule has 2 N–H and O–H groups in total. The van der Waals surface area contributed by atoms with Crippen LogP contribution in [0.25, 0.3) is 0 Å². The highest BCUT2D eigenvalue weighted by atomic mass is 16.5. The lowest BCUT2D eigenvalue weighted by molar-refractivity contribution is 0.0869. The van der Waals surface area contributed by atoms with E-state index in [-0.39, 0.29) is 29.9 Å². The van der Waals surface area contributed by atoms with Crippen LogP contribution in [0.15, 0.2) is 24.3 Å². The van der Waals surface area contributed by atoms with Crippen molar-refractivity contribution in [1.82, 2.24) is 25.6 Å². The lowest BCUT2D eigenvalue weighted by Crippen LogP contribution is -2.46. The molecule has 8 nitrogen and oxygen atoms in total. The average molecular weight is 371 g/mol. The SMILES string of the molecule is CCOc1ccccc1CNC(=O)c1nnn2c1C(=O)N[C@@H](CC(C)C)C2. The number of nitrogens with zero attached hydrogens (tertiary/aromatic N) is 3. The Morgan fingerprint density at radius 1 is 1.41 bits per heavy atom. The molecule has 144 valence electrons. The van der Waals surface area contributed by atoms with Gasteiger partial charge in [-0.3, -0.25) is 9.59 Å². The van der Waals surface area contributed by atoms with E-state index in [0.717, 1.165) is 17.7 Å². The topological polar surface area (TPSA) is 98.1 Å². The molecule has 2 heterocycles. The van der Waals surface area contributed by atoms with Crippen molar-refractivity contribution in [2.45, 2.75) is 46.3 Å². The first-order valence-electron chi connectivity index (χ1n) is 9.22. The molecule has 0 radical (unpaired) electrons. The maximum Gasteiger partial charge on any atom is 0.274 e. The van der Waals surface area contributed by atoms with Gasteiger partial charge in [-0.15, -0.1) is 5.10 Å². The zero-order valence-electron chi connectivity index (χ0n) is 15.9. The maximum atomic E-state index is 12.6. The second-order valence-electron chi connectivity index (χ2n) is 6.99. The van der Waals surface area contributed by atoms with Crippen molar-refractivity contribution in [3.8, 4) is 5.75 Å². The molecule has 3 rings (SSSR count). The normalized spacial score (nSPS) is 16.0. The van der Waals surface area contributed by atoms with Crippen molar-refractivity contribution in [1.29, 1.82) is 0 Å². The minimum atomic E-state index is -0.431. The van der Waals surface area contributed by atoms with Crippen molar-refractivity contribution in [3.05, 3.63) is 41.2 Å². The average Bonchev–Trinajstić information content (AvgIpc) is 3.05. The van der Waals surface area contributed by atoms with Crippen molar-refractivity contribution in [2.75, 3.05) is 6.61 Å². The van der Waals surface area contributed by atoms with E-state index in [9.17, 15) is 9.59 Å². The Balaban J connectivity index is 1.71. The molecule has 2 amide bonds. The quantitative estimate of drug-likeness (QED) is 0.773. The van der Waals surface area contributed by atoms with Gasteiger partial charge in [0.2, 0.25) is 0 Å². The summed E-state index contributed by atoms with van der Waals surface area (Å²) in [5, 5.41) is 13.7. The van der Waals surface area contributed by atoms with Crippen LogP contribution >= 0.6 is 0 Å². The van der Waals surface area contributed by atoms with Gasteiger partial charge in [0.1, 0.15) is 5.75 Å². The molecule has 1 aromatic carbocycles. The molecular weight excluding hydrogens is 346 g/mol. The molecule has 1 aromatic heterocycles. The fraction of sp³-hybridized carbons (Fsp3) is 0.474. The fourth-order valence-corrected chi connectivity index (χ4v) is 3.23. The molecule has 1 atom stereocenters. The molecule has 1 aliphatic rings. The monoisotopic (exact) mass is 371 g/mol. The van der Waals surface area contributed by atoms with E-state index in [4.69, 9.17) is 4.74 Å². The third-order valence-electron chi connectivity index (χ3n) is 4.36. The number of nitrogens with one attached hydrogen (secondary N) is 2. The predicted molar refractivity (Wildman–Crippen MR) is 99.5 cm³/mol. The highest BCUT2D eigenvalue weighted by Crippen LogP contribution is 2.19. The first-order chi connectivity index (χ1) is 13.0. The van der Waals surface area contributed by atoms with Gasteiger partial charge in [-0.05, 0) is 25.3 Å². The van der Waals surface area contributed by atoms with E-state index in [1.54, 1.807) is 0 Å². The van der Waals surface area contributed by atoms with Crippen LogP contribution in [-0.2, 0) is 13.1 Å². The van der Waals surface area contributed by atoms with Crippen molar-refractivity contribution < 1.29 is 14.3 Å². The highest BCUT2D eigenvalue weighted by molar-refractivity contribution is 6.05. The molecule has 8 heteroatoms. The first-order valence-corrected chi connectivity index (χ1v) is 9.22. The Morgan fingerprint density at radius 3 is 2.93 bits per heavy atom. The molecule has 0 aliphatic carbocycles. The number of hydrogen-bond acceptors (Lipinski definition) is 5. The molecule has 0 fully saturated rings. The molecular formula is C19H25N5O3. The van der Waals surface area contributed by atoms with Gasteiger partial charge < -0.3 is 15.4 Å². The summed E-state index contributed by atoms with van der Waals surface area (Å²) in [6.45, 7) is 7.44. The number of ether oxygens (including phenoxy) is 1. The maximum absolute atomic E-state index is 12.6. The Morgan fingerprint density at radius 2 is 2.19 bits per heavy atom. The van der Waals surface area contributed by atoms with Crippen LogP contribution < -0.4 is 15.4 Å². The first kappa shape index (κ1) is 18.9. The Kier molecular flexibility index (Phi) is 5.73. The van der Waals surface area contributed by atoms with Crippen LogP contribution in [0.4, 0.5) is 0 Å². The van der Waals surface area contributed by atoms with Gasteiger partial charge in [-0.2, -0.15) is 0 Å². The lowest BCUT2D eigenvalue weighted by Gasteiger charge is -2.25. The highest BCUT2D eigenvalue weighted by Gasteiger charge is 2.32. The second-order valence-corrected chi connectivity index (χ2v) is 6.99. The molecule has 0 bridgehead atoms. The zero-order chi connectivity index (χ0) is 19.4. The van der Waals surface area contributed by atoms with Crippen LogP contribution in [0.5, 0.6) is 5.75 Å². The molecule has 0 saturated heterocycles. The van der Waals surface area contributed by atoms with Gasteiger partial charge in [-0.25, -0.2) is 4.68 Å². The van der Waals surface area contributed by atoms with E-state index in [2.05, 4.69) is 34.8 Å². The number of carbonyl (C=O) groups excluding carboxylic acids is 2. The second kappa shape index (κ2) is 8.20. The van der Waals surface area contributed by atoms with E-state index in [1.807, 2.05) is 31.2 Å². The number of carbonyl (C=O) groups is 2. The number of benzene rings is 1. The third-order valence-corrected chi connectivity index (χ3v) is 4.36. The number of amides is 2. The van der Waals surface area contributed by atoms with E-state index < -0.39 is 5.91 Å². The number of hydrogen-bond donors (Lipinski definition) is 2. The van der Waals surface area contributed by atoms with Gasteiger partial charge in [0, 0.05) is 18.2 Å². The lowest BCUT2D eigenvalue weighted by atomic mass is 10.0. The smallest absolute Gasteiger partial charge is 0.274 e. The molecule has 1 aliphatic heterocycles. The van der Waals surface area contributed by atoms with Gasteiger partial charge in [-0.1, -0.05) is 37.3 Å². The fourth-order valence-electron chi connectivity index (χ4n) is 3.23. The number of aromatic nitrogens is 3. The van der Waals surface area contributed by atoms with Gasteiger partial charge >= 0.3 is 0 Å². The van der Waals surface area contributed by atoms with Crippen molar-refractivity contribution in [2.24, 2.45) is 5.92 Å². The van der Waals surface area contributed by atoms with Gasteiger partial charge in [0.25, 0.3) is 11.8 Å². The van der Waals surface area contributed by atoms with Gasteiger partial charge in [0.05, 0.1) is 13.2 Å². The van der Waals surface area contributed by atoms with E-state index in [0.29, 0.717) is 19.1 Å². The third kappa shape index (κ3) is 4.27. The molecule has 0 unspecified atom stereocenters. The summed E-state index contributed by atoms with van der Waals surface area (Å²) >= 11 is 0. The Bertz CT molecular complexity index is 831. The summed E-state index contributed by atoms with van der Waals surface area (Å²) in [5.41, 5.74) is 1.12. The minimum Gasteiger partial charge on any atom is -0.494 e. The Hall–Kier alpha value is -2.90. The molecule has 2 aromatic rings. The van der Waals surface area contributed by atoms with Crippen LogP contribution in [0.2, 0.25) is 0 Å². The Labute approximate surface area is 158 Å². The van der Waals surface area contributed by atoms with Crippen molar-refractivity contribution in [3.63, 3.8) is 0 Å². The van der Waals surface area contributed by atoms with Crippen LogP contribution in [-0.4, -0.2) is 39.5 Å². The van der Waals surface area contributed by atoms with Crippen molar-refractivity contribution >= 4 is 11.8 Å².